The maximum atomic E-state index is 11.6. The molecule has 0 aliphatic carbocycles. The van der Waals surface area contributed by atoms with Crippen LogP contribution < -0.4 is 4.74 Å². The average molecular weight is 249 g/mol. The third-order valence-corrected chi connectivity index (χ3v) is 3.26. The van der Waals surface area contributed by atoms with Gasteiger partial charge in [-0.2, -0.15) is 0 Å². The maximum Gasteiger partial charge on any atom is 0.341 e. The highest BCUT2D eigenvalue weighted by Gasteiger charge is 2.21. The summed E-state index contributed by atoms with van der Waals surface area (Å²) in [5, 5.41) is 0. The van der Waals surface area contributed by atoms with Gasteiger partial charge in [-0.25, -0.2) is 4.79 Å². The minimum atomic E-state index is -0.353. The summed E-state index contributed by atoms with van der Waals surface area (Å²) >= 11 is 0. The van der Waals surface area contributed by atoms with Crippen molar-refractivity contribution in [2.45, 2.75) is 6.42 Å². The van der Waals surface area contributed by atoms with Gasteiger partial charge < -0.3 is 14.4 Å². The van der Waals surface area contributed by atoms with E-state index in [1.54, 1.807) is 6.07 Å². The molecule has 0 aromatic heterocycles. The Balaban J connectivity index is 1.98. The van der Waals surface area contributed by atoms with Gasteiger partial charge in [-0.3, -0.25) is 0 Å². The Morgan fingerprint density at radius 2 is 2.22 bits per heavy atom. The topological polar surface area (TPSA) is 38.8 Å². The van der Waals surface area contributed by atoms with Crippen molar-refractivity contribution in [2.75, 3.05) is 33.9 Å². The quantitative estimate of drug-likeness (QED) is 0.763. The van der Waals surface area contributed by atoms with Gasteiger partial charge in [0.1, 0.15) is 11.3 Å². The first-order valence-electron chi connectivity index (χ1n) is 6.19. The molecule has 0 N–H and O–H groups in total. The van der Waals surface area contributed by atoms with E-state index in [0.29, 0.717) is 23.8 Å². The van der Waals surface area contributed by atoms with Crippen molar-refractivity contribution in [2.24, 2.45) is 5.92 Å². The van der Waals surface area contributed by atoms with Crippen LogP contribution in [-0.4, -0.2) is 44.7 Å². The van der Waals surface area contributed by atoms with E-state index in [0.717, 1.165) is 19.5 Å². The molecule has 4 nitrogen and oxygen atoms in total. The van der Waals surface area contributed by atoms with E-state index in [1.807, 2.05) is 18.2 Å². The summed E-state index contributed by atoms with van der Waals surface area (Å²) < 4.78 is 10.5. The Morgan fingerprint density at radius 3 is 2.89 bits per heavy atom. The summed E-state index contributed by atoms with van der Waals surface area (Å²) in [4.78, 5) is 13.9. The van der Waals surface area contributed by atoms with Gasteiger partial charge in [0.25, 0.3) is 0 Å². The molecule has 18 heavy (non-hydrogen) atoms. The van der Waals surface area contributed by atoms with Crippen LogP contribution in [0.5, 0.6) is 5.75 Å². The Labute approximate surface area is 107 Å². The zero-order chi connectivity index (χ0) is 13.0. The van der Waals surface area contributed by atoms with E-state index >= 15 is 0 Å². The van der Waals surface area contributed by atoms with Crippen LogP contribution in [0.4, 0.5) is 0 Å². The standard InChI is InChI=1S/C14H19NO3/c1-15-8-7-11(9-15)10-18-13-6-4-3-5-12(13)14(16)17-2/h3-6,11H,7-10H2,1-2H3. The van der Waals surface area contributed by atoms with Gasteiger partial charge in [0.2, 0.25) is 0 Å². The van der Waals surface area contributed by atoms with Crippen LogP contribution in [0.1, 0.15) is 16.8 Å². The van der Waals surface area contributed by atoms with Crippen LogP contribution >= 0.6 is 0 Å². The van der Waals surface area contributed by atoms with E-state index in [-0.39, 0.29) is 5.97 Å². The Morgan fingerprint density at radius 1 is 1.44 bits per heavy atom. The normalized spacial score (nSPS) is 19.8. The fraction of sp³-hybridized carbons (Fsp3) is 0.500. The van der Waals surface area contributed by atoms with Gasteiger partial charge >= 0.3 is 5.97 Å². The van der Waals surface area contributed by atoms with Gasteiger partial charge in [0.05, 0.1) is 13.7 Å². The van der Waals surface area contributed by atoms with Gasteiger partial charge in [-0.05, 0) is 32.1 Å². The molecule has 98 valence electrons. The number of para-hydroxylation sites is 1. The summed E-state index contributed by atoms with van der Waals surface area (Å²) in [6, 6.07) is 7.21. The Hall–Kier alpha value is -1.55. The minimum Gasteiger partial charge on any atom is -0.492 e. The fourth-order valence-electron chi connectivity index (χ4n) is 2.24. The zero-order valence-corrected chi connectivity index (χ0v) is 10.9. The molecule has 0 radical (unpaired) electrons. The molecule has 1 saturated heterocycles. The van der Waals surface area contributed by atoms with Crippen molar-refractivity contribution in [3.05, 3.63) is 29.8 Å². The molecule has 1 aromatic rings. The number of benzene rings is 1. The zero-order valence-electron chi connectivity index (χ0n) is 10.9. The molecule has 1 heterocycles. The maximum absolute atomic E-state index is 11.6. The summed E-state index contributed by atoms with van der Waals surface area (Å²) in [5.41, 5.74) is 0.492. The molecule has 0 amide bonds. The number of ether oxygens (including phenoxy) is 2. The summed E-state index contributed by atoms with van der Waals surface area (Å²) in [7, 11) is 3.49. The average Bonchev–Trinajstić information content (AvgIpc) is 2.81. The van der Waals surface area contributed by atoms with Crippen molar-refractivity contribution >= 4 is 5.97 Å². The summed E-state index contributed by atoms with van der Waals surface area (Å²) in [5.74, 6) is 0.800. The lowest BCUT2D eigenvalue weighted by atomic mass is 10.1. The molecule has 1 aliphatic heterocycles. The smallest absolute Gasteiger partial charge is 0.341 e. The summed E-state index contributed by atoms with van der Waals surface area (Å²) in [6.07, 6.45) is 1.15. The molecule has 0 bridgehead atoms. The number of carbonyl (C=O) groups excluding carboxylic acids is 1. The second-order valence-electron chi connectivity index (χ2n) is 4.72. The lowest BCUT2D eigenvalue weighted by Crippen LogP contribution is -2.18. The number of hydrogen-bond acceptors (Lipinski definition) is 4. The number of likely N-dealkylation sites (tertiary alicyclic amines) is 1. The highest BCUT2D eigenvalue weighted by Crippen LogP contribution is 2.21. The largest absolute Gasteiger partial charge is 0.492 e. The van der Waals surface area contributed by atoms with Crippen molar-refractivity contribution in [1.82, 2.24) is 4.90 Å². The first kappa shape index (κ1) is 12.9. The Bertz CT molecular complexity index is 419. The van der Waals surface area contributed by atoms with Gasteiger partial charge in [0, 0.05) is 12.5 Å². The lowest BCUT2D eigenvalue weighted by Gasteiger charge is -2.14. The molecular formula is C14H19NO3. The number of nitrogens with zero attached hydrogens (tertiary/aromatic N) is 1. The number of methoxy groups -OCH3 is 1. The number of carbonyl (C=O) groups is 1. The van der Waals surface area contributed by atoms with E-state index in [2.05, 4.69) is 11.9 Å². The molecule has 1 fully saturated rings. The molecule has 2 rings (SSSR count). The Kier molecular flexibility index (Phi) is 4.20. The predicted molar refractivity (Wildman–Crippen MR) is 68.9 cm³/mol. The molecule has 1 aliphatic rings. The summed E-state index contributed by atoms with van der Waals surface area (Å²) in [6.45, 7) is 2.82. The minimum absolute atomic E-state index is 0.353. The van der Waals surface area contributed by atoms with Crippen LogP contribution in [0.3, 0.4) is 0 Å². The van der Waals surface area contributed by atoms with Crippen molar-refractivity contribution in [1.29, 1.82) is 0 Å². The molecule has 1 aromatic carbocycles. The molecule has 1 atom stereocenters. The number of esters is 1. The first-order valence-corrected chi connectivity index (χ1v) is 6.19. The fourth-order valence-corrected chi connectivity index (χ4v) is 2.24. The molecule has 4 heteroatoms. The lowest BCUT2D eigenvalue weighted by molar-refractivity contribution is 0.0595. The second kappa shape index (κ2) is 5.87. The van der Waals surface area contributed by atoms with E-state index in [4.69, 9.17) is 9.47 Å². The van der Waals surface area contributed by atoms with Crippen LogP contribution in [0.2, 0.25) is 0 Å². The third kappa shape index (κ3) is 3.01. The van der Waals surface area contributed by atoms with Crippen molar-refractivity contribution in [3.63, 3.8) is 0 Å². The number of rotatable bonds is 4. The van der Waals surface area contributed by atoms with Crippen molar-refractivity contribution in [3.8, 4) is 5.75 Å². The second-order valence-corrected chi connectivity index (χ2v) is 4.72. The third-order valence-electron chi connectivity index (χ3n) is 3.26. The van der Waals surface area contributed by atoms with Gasteiger partial charge in [0.15, 0.2) is 0 Å². The van der Waals surface area contributed by atoms with Crippen LogP contribution in [0.25, 0.3) is 0 Å². The SMILES string of the molecule is COC(=O)c1ccccc1OCC1CCN(C)C1. The van der Waals surface area contributed by atoms with Gasteiger partial charge in [-0.1, -0.05) is 12.1 Å². The van der Waals surface area contributed by atoms with Crippen LogP contribution in [-0.2, 0) is 4.74 Å². The monoisotopic (exact) mass is 249 g/mol. The van der Waals surface area contributed by atoms with Crippen LogP contribution in [0.15, 0.2) is 24.3 Å². The molecule has 0 spiro atoms. The number of hydrogen-bond donors (Lipinski definition) is 0. The first-order chi connectivity index (χ1) is 8.70. The highest BCUT2D eigenvalue weighted by atomic mass is 16.5. The highest BCUT2D eigenvalue weighted by molar-refractivity contribution is 5.92. The van der Waals surface area contributed by atoms with Gasteiger partial charge in [-0.15, -0.1) is 0 Å². The van der Waals surface area contributed by atoms with E-state index in [1.165, 1.54) is 7.11 Å². The van der Waals surface area contributed by atoms with Crippen molar-refractivity contribution < 1.29 is 14.3 Å². The van der Waals surface area contributed by atoms with E-state index in [9.17, 15) is 4.79 Å². The predicted octanol–water partition coefficient (Wildman–Crippen LogP) is 1.80. The molecular weight excluding hydrogens is 230 g/mol. The van der Waals surface area contributed by atoms with Crippen LogP contribution in [0, 0.1) is 5.92 Å². The van der Waals surface area contributed by atoms with E-state index < -0.39 is 0 Å². The molecule has 0 saturated carbocycles. The molecule has 1 unspecified atom stereocenters.